The van der Waals surface area contributed by atoms with Gasteiger partial charge in [0, 0.05) is 0 Å². The Morgan fingerprint density at radius 2 is 1.36 bits per heavy atom. The number of unbranched alkanes of at least 4 members (excludes halogenated alkanes) is 9. The molecule has 0 aliphatic carbocycles. The SMILES string of the molecule is CCCCCCCCCCC=CCCCOS(=O)(=O)c1ccccc1. The maximum atomic E-state index is 11.9. The van der Waals surface area contributed by atoms with Crippen molar-refractivity contribution >= 4 is 10.1 Å². The molecule has 0 aliphatic heterocycles. The van der Waals surface area contributed by atoms with Crippen LogP contribution in [0.3, 0.4) is 0 Å². The highest BCUT2D eigenvalue weighted by atomic mass is 32.2. The third-order valence-corrected chi connectivity index (χ3v) is 5.50. The first-order valence-corrected chi connectivity index (χ1v) is 11.2. The Kier molecular flexibility index (Phi) is 12.3. The van der Waals surface area contributed by atoms with E-state index in [1.165, 1.54) is 51.4 Å². The second-order valence-electron chi connectivity index (χ2n) is 6.47. The molecule has 0 N–H and O–H groups in total. The fourth-order valence-corrected chi connectivity index (χ4v) is 3.62. The minimum Gasteiger partial charge on any atom is -0.266 e. The zero-order chi connectivity index (χ0) is 18.2. The maximum absolute atomic E-state index is 11.9. The van der Waals surface area contributed by atoms with Crippen LogP contribution < -0.4 is 0 Å². The third kappa shape index (κ3) is 11.2. The van der Waals surface area contributed by atoms with Gasteiger partial charge in [0.25, 0.3) is 10.1 Å². The van der Waals surface area contributed by atoms with Crippen LogP contribution in [-0.2, 0) is 14.3 Å². The van der Waals surface area contributed by atoms with Crippen LogP contribution in [0.4, 0.5) is 0 Å². The summed E-state index contributed by atoms with van der Waals surface area (Å²) in [5.41, 5.74) is 0. The molecule has 142 valence electrons. The van der Waals surface area contributed by atoms with E-state index in [1.54, 1.807) is 30.3 Å². The first kappa shape index (κ1) is 21.9. The number of hydrogen-bond acceptors (Lipinski definition) is 3. The van der Waals surface area contributed by atoms with E-state index in [-0.39, 0.29) is 11.5 Å². The summed E-state index contributed by atoms with van der Waals surface area (Å²) in [4.78, 5) is 0.222. The minimum atomic E-state index is -3.60. The van der Waals surface area contributed by atoms with E-state index in [1.807, 2.05) is 0 Å². The zero-order valence-electron chi connectivity index (χ0n) is 15.7. The molecule has 1 aromatic rings. The van der Waals surface area contributed by atoms with Gasteiger partial charge in [-0.05, 0) is 37.8 Å². The van der Waals surface area contributed by atoms with E-state index < -0.39 is 10.1 Å². The zero-order valence-corrected chi connectivity index (χ0v) is 16.5. The molecule has 0 heterocycles. The summed E-state index contributed by atoms with van der Waals surface area (Å²) >= 11 is 0. The van der Waals surface area contributed by atoms with Gasteiger partial charge in [-0.25, -0.2) is 0 Å². The molecule has 0 bridgehead atoms. The summed E-state index contributed by atoms with van der Waals surface area (Å²) in [7, 11) is -3.60. The molecule has 1 rings (SSSR count). The van der Waals surface area contributed by atoms with E-state index >= 15 is 0 Å². The lowest BCUT2D eigenvalue weighted by Crippen LogP contribution is -2.07. The van der Waals surface area contributed by atoms with Crippen LogP contribution in [0.25, 0.3) is 0 Å². The van der Waals surface area contributed by atoms with Gasteiger partial charge in [-0.3, -0.25) is 4.18 Å². The van der Waals surface area contributed by atoms with Crippen LogP contribution in [0, 0.1) is 0 Å². The van der Waals surface area contributed by atoms with Crippen LogP contribution in [0.2, 0.25) is 0 Å². The van der Waals surface area contributed by atoms with E-state index in [0.717, 1.165) is 19.3 Å². The molecule has 3 nitrogen and oxygen atoms in total. The van der Waals surface area contributed by atoms with Gasteiger partial charge in [0.1, 0.15) is 0 Å². The Morgan fingerprint density at radius 1 is 0.800 bits per heavy atom. The van der Waals surface area contributed by atoms with E-state index in [9.17, 15) is 8.42 Å². The quantitative estimate of drug-likeness (QED) is 0.209. The lowest BCUT2D eigenvalue weighted by Gasteiger charge is -2.04. The van der Waals surface area contributed by atoms with Crippen molar-refractivity contribution in [3.63, 3.8) is 0 Å². The Bertz CT molecular complexity index is 550. The highest BCUT2D eigenvalue weighted by Crippen LogP contribution is 2.12. The molecule has 25 heavy (non-hydrogen) atoms. The number of hydrogen-bond donors (Lipinski definition) is 0. The standard InChI is InChI=1S/C21H34O3S/c1-2-3-4-5-6-7-8-9-10-11-12-13-17-20-24-25(22,23)21-18-15-14-16-19-21/h11-12,14-16,18-19H,2-10,13,17,20H2,1H3. The Labute approximate surface area is 154 Å². The van der Waals surface area contributed by atoms with E-state index in [4.69, 9.17) is 4.18 Å². The molecule has 0 saturated carbocycles. The lowest BCUT2D eigenvalue weighted by molar-refractivity contribution is 0.313. The van der Waals surface area contributed by atoms with E-state index in [2.05, 4.69) is 19.1 Å². The summed E-state index contributed by atoms with van der Waals surface area (Å²) in [6.45, 7) is 2.49. The molecule has 0 fully saturated rings. The first-order valence-electron chi connectivity index (χ1n) is 9.76. The van der Waals surface area contributed by atoms with Gasteiger partial charge in [0.2, 0.25) is 0 Å². The summed E-state index contributed by atoms with van der Waals surface area (Å²) < 4.78 is 28.9. The minimum absolute atomic E-state index is 0.222. The summed E-state index contributed by atoms with van der Waals surface area (Å²) in [6, 6.07) is 8.29. The monoisotopic (exact) mass is 366 g/mol. The Hall–Kier alpha value is -1.13. The summed E-state index contributed by atoms with van der Waals surface area (Å²) in [5.74, 6) is 0. The van der Waals surface area contributed by atoms with Crippen LogP contribution >= 0.6 is 0 Å². The van der Waals surface area contributed by atoms with Gasteiger partial charge >= 0.3 is 0 Å². The highest BCUT2D eigenvalue weighted by molar-refractivity contribution is 7.86. The topological polar surface area (TPSA) is 43.4 Å². The van der Waals surface area contributed by atoms with Gasteiger partial charge in [0.05, 0.1) is 11.5 Å². The Balaban J connectivity index is 1.97. The fourth-order valence-electron chi connectivity index (χ4n) is 2.66. The molecule has 0 saturated heterocycles. The molecule has 0 amide bonds. The first-order chi connectivity index (χ1) is 12.2. The molecular formula is C21H34O3S. The maximum Gasteiger partial charge on any atom is 0.296 e. The predicted octanol–water partition coefficient (Wildman–Crippen LogP) is 6.26. The molecule has 0 aromatic heterocycles. The van der Waals surface area contributed by atoms with Gasteiger partial charge < -0.3 is 0 Å². The van der Waals surface area contributed by atoms with Gasteiger partial charge in [-0.15, -0.1) is 0 Å². The van der Waals surface area contributed by atoms with Crippen molar-refractivity contribution < 1.29 is 12.6 Å². The number of rotatable bonds is 15. The van der Waals surface area contributed by atoms with Crippen molar-refractivity contribution in [2.24, 2.45) is 0 Å². The molecule has 0 unspecified atom stereocenters. The lowest BCUT2D eigenvalue weighted by atomic mass is 10.1. The normalized spacial score (nSPS) is 12.0. The molecule has 1 aromatic carbocycles. The van der Waals surface area contributed by atoms with Crippen LogP contribution in [0.15, 0.2) is 47.4 Å². The average Bonchev–Trinajstić information content (AvgIpc) is 2.63. The Morgan fingerprint density at radius 3 is 2.00 bits per heavy atom. The summed E-state index contributed by atoms with van der Waals surface area (Å²) in [6.07, 6.45) is 17.8. The van der Waals surface area contributed by atoms with Crippen LogP contribution in [0.1, 0.15) is 77.6 Å². The van der Waals surface area contributed by atoms with Crippen molar-refractivity contribution in [2.75, 3.05) is 6.61 Å². The van der Waals surface area contributed by atoms with E-state index in [0.29, 0.717) is 0 Å². The molecule has 4 heteroatoms. The largest absolute Gasteiger partial charge is 0.296 e. The molecule has 0 atom stereocenters. The average molecular weight is 367 g/mol. The summed E-state index contributed by atoms with van der Waals surface area (Å²) in [5, 5.41) is 0. The second kappa shape index (κ2) is 14.1. The van der Waals surface area contributed by atoms with Crippen molar-refractivity contribution in [3.05, 3.63) is 42.5 Å². The smallest absolute Gasteiger partial charge is 0.266 e. The molecule has 0 aliphatic rings. The fraction of sp³-hybridized carbons (Fsp3) is 0.619. The number of allylic oxidation sites excluding steroid dienone is 2. The molecular weight excluding hydrogens is 332 g/mol. The number of benzene rings is 1. The van der Waals surface area contributed by atoms with Gasteiger partial charge in [-0.1, -0.05) is 82.2 Å². The second-order valence-corrected chi connectivity index (χ2v) is 8.08. The third-order valence-electron chi connectivity index (χ3n) is 4.18. The van der Waals surface area contributed by atoms with Crippen LogP contribution in [0.5, 0.6) is 0 Å². The molecule has 0 radical (unpaired) electrons. The van der Waals surface area contributed by atoms with Crippen molar-refractivity contribution in [2.45, 2.75) is 82.4 Å². The van der Waals surface area contributed by atoms with Crippen molar-refractivity contribution in [3.8, 4) is 0 Å². The van der Waals surface area contributed by atoms with Crippen molar-refractivity contribution in [1.82, 2.24) is 0 Å². The molecule has 0 spiro atoms. The van der Waals surface area contributed by atoms with Crippen molar-refractivity contribution in [1.29, 1.82) is 0 Å². The highest BCUT2D eigenvalue weighted by Gasteiger charge is 2.13. The van der Waals surface area contributed by atoms with Gasteiger partial charge in [0.15, 0.2) is 0 Å². The predicted molar refractivity (Wildman–Crippen MR) is 105 cm³/mol. The van der Waals surface area contributed by atoms with Crippen LogP contribution in [-0.4, -0.2) is 15.0 Å². The van der Waals surface area contributed by atoms with Gasteiger partial charge in [-0.2, -0.15) is 8.42 Å².